The third kappa shape index (κ3) is 3.50. The largest absolute Gasteiger partial charge is 0.444 e. The van der Waals surface area contributed by atoms with Gasteiger partial charge in [0.2, 0.25) is 0 Å². The Morgan fingerprint density at radius 1 is 1.43 bits per heavy atom. The number of ether oxygens (including phenoxy) is 1. The van der Waals surface area contributed by atoms with E-state index in [1.807, 2.05) is 33.0 Å². The second kappa shape index (κ2) is 6.11. The van der Waals surface area contributed by atoms with Gasteiger partial charge in [-0.05, 0) is 57.6 Å². The lowest BCUT2D eigenvalue weighted by molar-refractivity contribution is 0.0286. The van der Waals surface area contributed by atoms with Crippen LogP contribution in [0.15, 0.2) is 18.3 Å². The van der Waals surface area contributed by atoms with Crippen LogP contribution < -0.4 is 5.73 Å². The van der Waals surface area contributed by atoms with Crippen molar-refractivity contribution in [2.45, 2.75) is 57.6 Å². The Balaban J connectivity index is 1.62. The number of aromatic nitrogens is 1. The minimum Gasteiger partial charge on any atom is -0.444 e. The molecular weight excluding hydrogens is 290 g/mol. The minimum absolute atomic E-state index is 0.0542. The number of carbonyl (C=O) groups is 1. The molecule has 1 fully saturated rings. The summed E-state index contributed by atoms with van der Waals surface area (Å²) in [6.45, 7) is 7.10. The third-order valence-electron chi connectivity index (χ3n) is 4.89. The molecule has 0 spiro atoms. The van der Waals surface area contributed by atoms with Crippen LogP contribution in [-0.2, 0) is 11.2 Å². The van der Waals surface area contributed by atoms with Crippen molar-refractivity contribution in [1.82, 2.24) is 9.88 Å². The lowest BCUT2D eigenvalue weighted by atomic mass is 9.86. The molecule has 1 aromatic rings. The first-order valence-corrected chi connectivity index (χ1v) is 8.52. The molecule has 1 amide bonds. The number of amides is 1. The highest BCUT2D eigenvalue weighted by atomic mass is 16.6. The number of likely N-dealkylation sites (tertiary alicyclic amines) is 1. The quantitative estimate of drug-likeness (QED) is 0.910. The average molecular weight is 317 g/mol. The average Bonchev–Trinajstić information content (AvgIpc) is 3.12. The van der Waals surface area contributed by atoms with E-state index in [1.54, 1.807) is 4.90 Å². The van der Waals surface area contributed by atoms with Gasteiger partial charge < -0.3 is 15.4 Å². The second-order valence-corrected chi connectivity index (χ2v) is 7.75. The fraction of sp³-hybridized carbons (Fsp3) is 0.667. The lowest BCUT2D eigenvalue weighted by Crippen LogP contribution is -2.40. The van der Waals surface area contributed by atoms with Crippen LogP contribution in [0.1, 0.15) is 50.8 Å². The molecule has 1 aliphatic carbocycles. The van der Waals surface area contributed by atoms with Gasteiger partial charge in [-0.3, -0.25) is 4.98 Å². The van der Waals surface area contributed by atoms with Gasteiger partial charge in [0.25, 0.3) is 0 Å². The van der Waals surface area contributed by atoms with Crippen LogP contribution in [0.3, 0.4) is 0 Å². The fourth-order valence-corrected chi connectivity index (χ4v) is 3.74. The molecule has 5 heteroatoms. The molecule has 126 valence electrons. The molecule has 5 nitrogen and oxygen atoms in total. The highest BCUT2D eigenvalue weighted by Crippen LogP contribution is 2.37. The van der Waals surface area contributed by atoms with Crippen LogP contribution >= 0.6 is 0 Å². The van der Waals surface area contributed by atoms with Crippen molar-refractivity contribution in [1.29, 1.82) is 0 Å². The van der Waals surface area contributed by atoms with Crippen molar-refractivity contribution >= 4 is 6.09 Å². The van der Waals surface area contributed by atoms with Crippen molar-refractivity contribution in [3.05, 3.63) is 29.6 Å². The van der Waals surface area contributed by atoms with Gasteiger partial charge in [0.15, 0.2) is 0 Å². The Bertz CT molecular complexity index is 582. The molecular formula is C18H27N3O2. The summed E-state index contributed by atoms with van der Waals surface area (Å²) in [6.07, 6.45) is 4.70. The van der Waals surface area contributed by atoms with Gasteiger partial charge in [-0.1, -0.05) is 6.07 Å². The highest BCUT2D eigenvalue weighted by Gasteiger charge is 2.38. The van der Waals surface area contributed by atoms with Gasteiger partial charge in [0, 0.05) is 36.9 Å². The molecule has 3 unspecified atom stereocenters. The molecule has 23 heavy (non-hydrogen) atoms. The zero-order valence-corrected chi connectivity index (χ0v) is 14.3. The van der Waals surface area contributed by atoms with Crippen molar-refractivity contribution in [2.75, 3.05) is 13.1 Å². The van der Waals surface area contributed by atoms with Gasteiger partial charge >= 0.3 is 6.09 Å². The summed E-state index contributed by atoms with van der Waals surface area (Å²) in [7, 11) is 0. The zero-order chi connectivity index (χ0) is 16.6. The second-order valence-electron chi connectivity index (χ2n) is 7.75. The van der Waals surface area contributed by atoms with Gasteiger partial charge in [-0.25, -0.2) is 4.79 Å². The number of rotatable bonds is 2. The number of aryl methyl sites for hydroxylation is 1. The number of carbonyl (C=O) groups excluding carboxylic acids is 1. The number of hydrogen-bond donors (Lipinski definition) is 1. The Kier molecular flexibility index (Phi) is 4.32. The maximum absolute atomic E-state index is 12.2. The molecule has 3 atom stereocenters. The molecule has 1 aromatic heterocycles. The number of pyridine rings is 1. The van der Waals surface area contributed by atoms with E-state index in [-0.39, 0.29) is 12.1 Å². The van der Waals surface area contributed by atoms with Crippen molar-refractivity contribution in [3.8, 4) is 0 Å². The Hall–Kier alpha value is -1.62. The van der Waals surface area contributed by atoms with Crippen LogP contribution in [0.5, 0.6) is 0 Å². The molecule has 0 bridgehead atoms. The summed E-state index contributed by atoms with van der Waals surface area (Å²) in [5.41, 5.74) is 8.61. The lowest BCUT2D eigenvalue weighted by Gasteiger charge is -2.27. The summed E-state index contributed by atoms with van der Waals surface area (Å²) < 4.78 is 5.47. The summed E-state index contributed by atoms with van der Waals surface area (Å²) in [4.78, 5) is 18.5. The molecule has 1 aliphatic heterocycles. The first kappa shape index (κ1) is 16.2. The molecule has 2 N–H and O–H groups in total. The monoisotopic (exact) mass is 317 g/mol. The van der Waals surface area contributed by atoms with Gasteiger partial charge in [0.1, 0.15) is 5.60 Å². The van der Waals surface area contributed by atoms with E-state index in [2.05, 4.69) is 11.1 Å². The standard InChI is InChI=1S/C18H27N3O2/c1-18(2,3)23-17(22)21-10-8-13(11-21)15(19)14-7-6-12-5-4-9-20-16(12)14/h4-5,9,13-15H,6-8,10-11,19H2,1-3H3. The number of nitrogens with zero attached hydrogens (tertiary/aromatic N) is 2. The van der Waals surface area contributed by atoms with E-state index in [0.717, 1.165) is 31.5 Å². The summed E-state index contributed by atoms with van der Waals surface area (Å²) in [6, 6.07) is 4.20. The van der Waals surface area contributed by atoms with Crippen molar-refractivity contribution in [2.24, 2.45) is 11.7 Å². The summed E-state index contributed by atoms with van der Waals surface area (Å²) in [5, 5.41) is 0. The topological polar surface area (TPSA) is 68.5 Å². The van der Waals surface area contributed by atoms with Crippen LogP contribution in [0, 0.1) is 5.92 Å². The Morgan fingerprint density at radius 3 is 2.96 bits per heavy atom. The zero-order valence-electron chi connectivity index (χ0n) is 14.3. The van der Waals surface area contributed by atoms with Crippen LogP contribution in [0.25, 0.3) is 0 Å². The molecule has 0 saturated carbocycles. The van der Waals surface area contributed by atoms with E-state index >= 15 is 0 Å². The molecule has 2 heterocycles. The molecule has 0 aromatic carbocycles. The predicted octanol–water partition coefficient (Wildman–Crippen LogP) is 2.70. The molecule has 3 rings (SSSR count). The smallest absolute Gasteiger partial charge is 0.410 e. The van der Waals surface area contributed by atoms with Gasteiger partial charge in [-0.15, -0.1) is 0 Å². The number of fused-ring (bicyclic) bond motifs is 1. The van der Waals surface area contributed by atoms with Gasteiger partial charge in [-0.2, -0.15) is 0 Å². The van der Waals surface area contributed by atoms with E-state index in [1.165, 1.54) is 5.56 Å². The normalized spacial score (nSPS) is 25.3. The molecule has 2 aliphatic rings. The van der Waals surface area contributed by atoms with Crippen LogP contribution in [0.4, 0.5) is 4.79 Å². The fourth-order valence-electron chi connectivity index (χ4n) is 3.74. The predicted molar refractivity (Wildman–Crippen MR) is 89.2 cm³/mol. The van der Waals surface area contributed by atoms with E-state index in [4.69, 9.17) is 10.5 Å². The van der Waals surface area contributed by atoms with E-state index < -0.39 is 5.60 Å². The Morgan fingerprint density at radius 2 is 2.22 bits per heavy atom. The van der Waals surface area contributed by atoms with Crippen LogP contribution in [0.2, 0.25) is 0 Å². The van der Waals surface area contributed by atoms with Gasteiger partial charge in [0.05, 0.1) is 0 Å². The Labute approximate surface area is 138 Å². The van der Waals surface area contributed by atoms with Crippen LogP contribution in [-0.4, -0.2) is 40.7 Å². The van der Waals surface area contributed by atoms with Crippen molar-refractivity contribution in [3.63, 3.8) is 0 Å². The first-order chi connectivity index (χ1) is 10.8. The summed E-state index contributed by atoms with van der Waals surface area (Å²) >= 11 is 0. The van der Waals surface area contributed by atoms with Crippen molar-refractivity contribution < 1.29 is 9.53 Å². The number of nitrogens with two attached hydrogens (primary N) is 1. The SMILES string of the molecule is CC(C)(C)OC(=O)N1CCC(C(N)C2CCc3cccnc32)C1. The highest BCUT2D eigenvalue weighted by molar-refractivity contribution is 5.68. The maximum atomic E-state index is 12.2. The minimum atomic E-state index is -0.453. The number of hydrogen-bond acceptors (Lipinski definition) is 4. The molecule has 1 saturated heterocycles. The van der Waals surface area contributed by atoms with E-state index in [0.29, 0.717) is 18.4 Å². The third-order valence-corrected chi connectivity index (χ3v) is 4.89. The van der Waals surface area contributed by atoms with E-state index in [9.17, 15) is 4.79 Å². The summed E-state index contributed by atoms with van der Waals surface area (Å²) in [5.74, 6) is 0.635. The maximum Gasteiger partial charge on any atom is 0.410 e. The molecule has 0 radical (unpaired) electrons. The first-order valence-electron chi connectivity index (χ1n) is 8.52.